The number of aromatic nitrogens is 4. The number of nitrogens with zero attached hydrogens (tertiary/aromatic N) is 4. The van der Waals surface area contributed by atoms with Gasteiger partial charge in [0, 0.05) is 89.1 Å². The van der Waals surface area contributed by atoms with Gasteiger partial charge in [-0.2, -0.15) is 17.7 Å². The van der Waals surface area contributed by atoms with Crippen molar-refractivity contribution < 1.29 is 49.7 Å². The van der Waals surface area contributed by atoms with Crippen molar-refractivity contribution in [2.24, 2.45) is 30.4 Å². The van der Waals surface area contributed by atoms with Crippen LogP contribution in [0, 0.1) is 49.0 Å². The van der Waals surface area contributed by atoms with Gasteiger partial charge in [0.2, 0.25) is 0 Å². The number of halogens is 7. The summed E-state index contributed by atoms with van der Waals surface area (Å²) < 4.78 is 78.0. The summed E-state index contributed by atoms with van der Waals surface area (Å²) in [5, 5.41) is 5.69. The first kappa shape index (κ1) is 93.3. The zero-order valence-corrected chi connectivity index (χ0v) is 56.8. The molecule has 0 spiro atoms. The van der Waals surface area contributed by atoms with E-state index in [9.17, 15) is 45.2 Å². The number of carbonyl (C=O) groups is 4. The molecule has 494 valence electrons. The highest BCUT2D eigenvalue weighted by Crippen LogP contribution is 2.31. The number of sulfonamides is 1. The van der Waals surface area contributed by atoms with Crippen LogP contribution in [0.1, 0.15) is 169 Å². The number of benzene rings is 4. The van der Waals surface area contributed by atoms with Gasteiger partial charge in [0.1, 0.15) is 35.3 Å². The van der Waals surface area contributed by atoms with Gasteiger partial charge >= 0.3 is 23.7 Å². The number of nitrogens with one attached hydrogen (secondary N) is 3. The summed E-state index contributed by atoms with van der Waals surface area (Å²) in [4.78, 5) is 64.0. The summed E-state index contributed by atoms with van der Waals surface area (Å²) in [5.41, 5.74) is 18.0. The number of allylic oxidation sites excluding steroid dienone is 1. The van der Waals surface area contributed by atoms with Crippen LogP contribution in [0.4, 0.5) is 33.1 Å². The van der Waals surface area contributed by atoms with Crippen LogP contribution in [0.25, 0.3) is 22.5 Å². The molecule has 1 atom stereocenters. The molecule has 0 saturated carbocycles. The number of H-pyrrole nitrogens is 1. The van der Waals surface area contributed by atoms with Crippen LogP contribution in [0.5, 0.6) is 0 Å². The molecule has 1 aliphatic rings. The minimum absolute atomic E-state index is 0. The van der Waals surface area contributed by atoms with Gasteiger partial charge in [0.05, 0.1) is 37.8 Å². The van der Waals surface area contributed by atoms with Crippen molar-refractivity contribution in [3.05, 3.63) is 176 Å². The van der Waals surface area contributed by atoms with Crippen LogP contribution < -0.4 is 36.7 Å². The standard InChI is InChI=1S/C17H23FN3O2S.C14H17FN2O.C14H15FN2O.C7H5FO.C6H12O.CH4N2O.5CH4.I2.HI/c1-11(2)16-12(3)15(13-7-9-14(18)10-8-13)19-17(20(16)4)21(5)24(6,22)23;2*1-8(2)12-9(3)13(17-14(18)16-12)10-4-6-11(15)7-5-10;8-7-3-1-6(5-9)2-4-7;1-4-6(7)5(2)3;2-1(3)4;;;;;;1-2;/h7-11H,1-6H3;4-8,13H,1-3H3,(H2,16,17,18);4-8H,1-3H3,(H,16,17,18);1-5H;5H,4H2,1-3H3;(H4,2,3,4);5*1H4;;1H/q+1;;;;;;;;;;;;. The van der Waals surface area contributed by atoms with E-state index in [0.717, 1.165) is 61.0 Å². The lowest BCUT2D eigenvalue weighted by molar-refractivity contribution is -0.669. The molecule has 1 aliphatic heterocycles. The van der Waals surface area contributed by atoms with Crippen LogP contribution in [-0.2, 0) is 21.9 Å². The Hall–Kier alpha value is -5.88. The normalized spacial score (nSPS) is 11.6. The van der Waals surface area contributed by atoms with Crippen LogP contribution >= 0.6 is 61.2 Å². The summed E-state index contributed by atoms with van der Waals surface area (Å²) in [6.45, 7) is 23.7. The number of ketones is 1. The average molecular weight is 1590 g/mol. The number of aldehydes is 1. The number of rotatable bonds is 11. The molecule has 2 aromatic heterocycles. The molecule has 4 aromatic carbocycles. The maximum absolute atomic E-state index is 13.2. The maximum atomic E-state index is 13.2. The van der Waals surface area contributed by atoms with Gasteiger partial charge in [0.15, 0.2) is 5.69 Å². The molecule has 7 N–H and O–H groups in total. The fourth-order valence-corrected chi connectivity index (χ4v) is 8.54. The summed E-state index contributed by atoms with van der Waals surface area (Å²) in [6.07, 6.45) is 2.50. The second kappa shape index (κ2) is 45.4. The highest BCUT2D eigenvalue weighted by Gasteiger charge is 2.31. The van der Waals surface area contributed by atoms with Crippen molar-refractivity contribution in [2.45, 2.75) is 145 Å². The highest BCUT2D eigenvalue weighted by atomic mass is 128. The second-order valence-electron chi connectivity index (χ2n) is 19.7. The Morgan fingerprint density at radius 3 is 1.40 bits per heavy atom. The number of anilines is 1. The van der Waals surface area contributed by atoms with E-state index in [2.05, 4.69) is 74.3 Å². The number of urea groups is 2. The molecule has 0 fully saturated rings. The Morgan fingerprint density at radius 1 is 0.682 bits per heavy atom. The predicted molar refractivity (Wildman–Crippen MR) is 383 cm³/mol. The average Bonchev–Trinajstić information content (AvgIpc) is 3.63. The van der Waals surface area contributed by atoms with E-state index in [1.807, 2.05) is 83.1 Å². The molecule has 3 heterocycles. The largest absolute Gasteiger partial charge is 0.409 e. The number of amides is 4. The third-order valence-corrected chi connectivity index (χ3v) is 13.3. The Balaban J connectivity index is -0.000000240. The molecule has 24 heteroatoms. The summed E-state index contributed by atoms with van der Waals surface area (Å²) in [7, 11) is -0.165. The number of aromatic amines is 1. The van der Waals surface area contributed by atoms with E-state index >= 15 is 0 Å². The fourth-order valence-electron chi connectivity index (χ4n) is 8.08. The fraction of sp³-hybridized carbons (Fsp3) is 0.406. The van der Waals surface area contributed by atoms with Gasteiger partial charge in [-0.3, -0.25) is 9.59 Å². The van der Waals surface area contributed by atoms with Gasteiger partial charge < -0.3 is 27.1 Å². The van der Waals surface area contributed by atoms with Crippen LogP contribution in [0.2, 0.25) is 0 Å². The lowest BCUT2D eigenvalue weighted by Crippen LogP contribution is -2.45. The lowest BCUT2D eigenvalue weighted by atomic mass is 9.93. The quantitative estimate of drug-likeness (QED) is 0.0358. The monoisotopic (exact) mass is 1590 g/mol. The predicted octanol–water partition coefficient (Wildman–Crippen LogP) is 16.5. The van der Waals surface area contributed by atoms with E-state index < -0.39 is 16.1 Å². The molecule has 0 radical (unpaired) electrons. The van der Waals surface area contributed by atoms with Crippen LogP contribution in [0.3, 0.4) is 0 Å². The zero-order chi connectivity index (χ0) is 62.9. The molecule has 16 nitrogen and oxygen atoms in total. The van der Waals surface area contributed by atoms with Gasteiger partial charge in [0.25, 0.3) is 10.0 Å². The minimum Gasteiger partial charge on any atom is -0.352 e. The number of hydrogen-bond donors (Lipinski definition) is 5. The van der Waals surface area contributed by atoms with Crippen LogP contribution in [-0.4, -0.2) is 60.8 Å². The van der Waals surface area contributed by atoms with E-state index in [-0.39, 0.29) is 126 Å². The molecule has 0 aliphatic carbocycles. The van der Waals surface area contributed by atoms with Gasteiger partial charge in [-0.15, -0.1) is 24.0 Å². The number of nitrogens with two attached hydrogens (primary N) is 2. The van der Waals surface area contributed by atoms with Gasteiger partial charge in [-0.25, -0.2) is 36.5 Å². The zero-order valence-electron chi connectivity index (χ0n) is 49.3. The Morgan fingerprint density at radius 2 is 1.07 bits per heavy atom. The minimum atomic E-state index is -3.45. The first-order valence-electron chi connectivity index (χ1n) is 25.7. The molecule has 88 heavy (non-hydrogen) atoms. The lowest BCUT2D eigenvalue weighted by Gasteiger charge is -2.30. The van der Waals surface area contributed by atoms with Crippen LogP contribution in [0.15, 0.2) is 113 Å². The number of hydrogen-bond acceptors (Lipinski definition) is 9. The van der Waals surface area contributed by atoms with Gasteiger partial charge in [-0.05, 0) is 134 Å². The molecule has 0 saturated heterocycles. The third kappa shape index (κ3) is 30.6. The summed E-state index contributed by atoms with van der Waals surface area (Å²) in [5.74, 6) is 0.310. The molecular formula is C64H97F4I3N9O7S+. The Bertz CT molecular complexity index is 3260. The first-order valence-corrected chi connectivity index (χ1v) is 33.8. The molecule has 4 amide bonds. The van der Waals surface area contributed by atoms with E-state index in [1.54, 1.807) is 48.0 Å². The topological polar surface area (TPSA) is 244 Å². The van der Waals surface area contributed by atoms with Crippen molar-refractivity contribution in [3.8, 4) is 22.5 Å². The van der Waals surface area contributed by atoms with Crippen molar-refractivity contribution in [1.82, 2.24) is 25.6 Å². The third-order valence-electron chi connectivity index (χ3n) is 12.1. The first-order chi connectivity index (χ1) is 38.2. The number of primary amides is 2. The molecule has 7 rings (SSSR count). The van der Waals surface area contributed by atoms with Crippen molar-refractivity contribution in [2.75, 3.05) is 17.6 Å². The smallest absolute Gasteiger partial charge is 0.352 e. The van der Waals surface area contributed by atoms with E-state index in [0.29, 0.717) is 41.4 Å². The summed E-state index contributed by atoms with van der Waals surface area (Å²) >= 11 is 4.24. The summed E-state index contributed by atoms with van der Waals surface area (Å²) in [6, 6.07) is 22.4. The van der Waals surface area contributed by atoms with Gasteiger partial charge in [-0.1, -0.05) is 117 Å². The maximum Gasteiger partial charge on any atom is 0.409 e. The van der Waals surface area contributed by atoms with Crippen molar-refractivity contribution in [3.63, 3.8) is 0 Å². The Labute approximate surface area is 562 Å². The van der Waals surface area contributed by atoms with Crippen molar-refractivity contribution in [1.29, 1.82) is 0 Å². The molecule has 1 unspecified atom stereocenters. The van der Waals surface area contributed by atoms with Crippen molar-refractivity contribution >= 4 is 101 Å². The van der Waals surface area contributed by atoms with E-state index in [4.69, 9.17) is 4.79 Å². The molecule has 0 bridgehead atoms. The molecular weight excluding hydrogens is 1500 g/mol. The van der Waals surface area contributed by atoms with E-state index in [1.165, 1.54) is 67.7 Å². The molecule has 6 aromatic rings. The second-order valence-corrected chi connectivity index (χ2v) is 21.7. The SMILES string of the molecule is C.C.C.C.C.CC1=C(C(C)C)NC(=O)NC1c1ccc(F)cc1.CCC(=O)C(C)C.Cc1c(-c2ccc(F)cc2)nc(=O)[nH]c1C(C)C.Cc1c(-c2ccc(F)cc2)nc(N(C)S(C)(=O)=O)[n+](C)c1C(C)C.I.II.NC(N)=O.O=Cc1ccc(F)cc1. The number of carbonyl (C=O) groups excluding carboxylic acids is 4. The highest BCUT2D eigenvalue weighted by molar-refractivity contribution is 15.0. The number of Topliss-reactive ketones (excluding diaryl/α,β-unsaturated/α-hetero) is 1. The Kier molecular flexibility index (Phi) is 48.1.